The van der Waals surface area contributed by atoms with Crippen LogP contribution in [0.25, 0.3) is 0 Å². The smallest absolute Gasteiger partial charge is 0.333 e. The normalized spacial score (nSPS) is 14.4. The van der Waals surface area contributed by atoms with Crippen molar-refractivity contribution in [1.29, 1.82) is 0 Å². The van der Waals surface area contributed by atoms with Gasteiger partial charge in [-0.2, -0.15) is 0 Å². The molecule has 1 fully saturated rings. The van der Waals surface area contributed by atoms with Crippen molar-refractivity contribution in [3.8, 4) is 0 Å². The first-order chi connectivity index (χ1) is 16.0. The molecule has 9 nitrogen and oxygen atoms in total. The fourth-order valence-electron chi connectivity index (χ4n) is 3.00. The van der Waals surface area contributed by atoms with Gasteiger partial charge in [0.15, 0.2) is 0 Å². The van der Waals surface area contributed by atoms with Crippen LogP contribution >= 0.6 is 21.6 Å². The summed E-state index contributed by atoms with van der Waals surface area (Å²) in [5, 5.41) is 4.51. The van der Waals surface area contributed by atoms with Crippen molar-refractivity contribution < 1.29 is 28.8 Å². The molecule has 1 aromatic rings. The Kier molecular flexibility index (Phi) is 10.8. The molecule has 1 aliphatic rings. The summed E-state index contributed by atoms with van der Waals surface area (Å²) < 4.78 is 5.94. The fourth-order valence-corrected chi connectivity index (χ4v) is 4.87. The minimum absolute atomic E-state index is 0.0123. The summed E-state index contributed by atoms with van der Waals surface area (Å²) in [6, 6.07) is 5.73. The lowest BCUT2D eigenvalue weighted by Gasteiger charge is -2.30. The largest absolute Gasteiger partial charge is 0.375 e. The zero-order valence-corrected chi connectivity index (χ0v) is 21.8. The van der Waals surface area contributed by atoms with Crippen LogP contribution in [-0.4, -0.2) is 57.2 Å². The van der Waals surface area contributed by atoms with Gasteiger partial charge in [-0.05, 0) is 63.5 Å². The predicted octanol–water partition coefficient (Wildman–Crippen LogP) is 3.68. The molecule has 0 aliphatic carbocycles. The van der Waals surface area contributed by atoms with Gasteiger partial charge in [-0.15, -0.1) is 5.06 Å². The molecule has 0 aromatic carbocycles. The number of hydrogen-bond acceptors (Lipinski definition) is 9. The van der Waals surface area contributed by atoms with Crippen LogP contribution < -0.4 is 5.32 Å². The number of rotatable bonds is 14. The van der Waals surface area contributed by atoms with Gasteiger partial charge in [0.25, 0.3) is 11.8 Å². The molecule has 2 heterocycles. The average Bonchev–Trinajstić information content (AvgIpc) is 3.07. The standard InChI is InChI=1S/C23H33N3O6S2/c1-22(2,25-17(27)11-16-33-34-18-7-5-6-14-24-18)13-15-31-23(3,4)12-10-21(30)32-26-19(28)8-9-20(26)29/h5-7,14H,8-13,15-16H2,1-4H3,(H,25,27). The second-order valence-electron chi connectivity index (χ2n) is 9.16. The summed E-state index contributed by atoms with van der Waals surface area (Å²) >= 11 is 0. The van der Waals surface area contributed by atoms with Crippen LogP contribution in [0.5, 0.6) is 0 Å². The maximum Gasteiger partial charge on any atom is 0.333 e. The number of hydroxylamine groups is 2. The zero-order chi connectivity index (χ0) is 25.2. The second kappa shape index (κ2) is 13.1. The van der Waals surface area contributed by atoms with Crippen LogP contribution in [-0.2, 0) is 28.8 Å². The summed E-state index contributed by atoms with van der Waals surface area (Å²) in [5.41, 5.74) is -1.06. The van der Waals surface area contributed by atoms with Crippen molar-refractivity contribution in [2.24, 2.45) is 0 Å². The summed E-state index contributed by atoms with van der Waals surface area (Å²) in [4.78, 5) is 56.5. The summed E-state index contributed by atoms with van der Waals surface area (Å²) in [6.07, 6.45) is 3.25. The topological polar surface area (TPSA) is 115 Å². The SMILES string of the molecule is CC(C)(CCOC(C)(C)CCC(=O)ON1C(=O)CCC1=O)NC(=O)CCSSc1ccccn1. The fraction of sp³-hybridized carbons (Fsp3) is 0.609. The van der Waals surface area contributed by atoms with Crippen molar-refractivity contribution in [1.82, 2.24) is 15.4 Å². The van der Waals surface area contributed by atoms with Gasteiger partial charge in [0, 0.05) is 43.4 Å². The molecule has 1 aromatic heterocycles. The zero-order valence-electron chi connectivity index (χ0n) is 20.1. The van der Waals surface area contributed by atoms with Gasteiger partial charge in [0.05, 0.1) is 12.0 Å². The summed E-state index contributed by atoms with van der Waals surface area (Å²) in [6.45, 7) is 7.99. The number of aromatic nitrogens is 1. The van der Waals surface area contributed by atoms with Crippen LogP contribution in [0.2, 0.25) is 0 Å². The van der Waals surface area contributed by atoms with Crippen molar-refractivity contribution in [3.05, 3.63) is 24.4 Å². The lowest BCUT2D eigenvalue weighted by molar-refractivity contribution is -0.198. The molecule has 11 heteroatoms. The van der Waals surface area contributed by atoms with E-state index in [4.69, 9.17) is 9.57 Å². The van der Waals surface area contributed by atoms with E-state index in [1.54, 1.807) is 27.8 Å². The molecule has 0 spiro atoms. The molecule has 1 saturated heterocycles. The Morgan fingerprint density at radius 2 is 1.79 bits per heavy atom. The molecule has 0 bridgehead atoms. The van der Waals surface area contributed by atoms with Gasteiger partial charge in [-0.1, -0.05) is 16.9 Å². The molecule has 2 rings (SSSR count). The van der Waals surface area contributed by atoms with E-state index >= 15 is 0 Å². The molecule has 188 valence electrons. The molecule has 1 N–H and O–H groups in total. The van der Waals surface area contributed by atoms with Gasteiger partial charge in [0.1, 0.15) is 5.03 Å². The molecule has 1 aliphatic heterocycles. The number of pyridine rings is 1. The van der Waals surface area contributed by atoms with Gasteiger partial charge in [0.2, 0.25) is 5.91 Å². The third kappa shape index (κ3) is 10.4. The number of carbonyl (C=O) groups is 4. The van der Waals surface area contributed by atoms with Crippen LogP contribution in [0.15, 0.2) is 29.4 Å². The highest BCUT2D eigenvalue weighted by Gasteiger charge is 2.33. The molecule has 0 saturated carbocycles. The minimum Gasteiger partial charge on any atom is -0.375 e. The number of carbonyl (C=O) groups excluding carboxylic acids is 4. The highest BCUT2D eigenvalue weighted by Crippen LogP contribution is 2.29. The van der Waals surface area contributed by atoms with Gasteiger partial charge < -0.3 is 14.9 Å². The molecule has 34 heavy (non-hydrogen) atoms. The quantitative estimate of drug-likeness (QED) is 0.227. The van der Waals surface area contributed by atoms with E-state index in [-0.39, 0.29) is 25.2 Å². The molecule has 0 unspecified atom stereocenters. The van der Waals surface area contributed by atoms with E-state index in [1.165, 1.54) is 0 Å². The third-order valence-electron chi connectivity index (χ3n) is 5.02. The first-order valence-electron chi connectivity index (χ1n) is 11.2. The third-order valence-corrected chi connectivity index (χ3v) is 7.29. The molecular weight excluding hydrogens is 478 g/mol. The number of ether oxygens (including phenoxy) is 1. The number of nitrogens with zero attached hydrogens (tertiary/aromatic N) is 2. The maximum atomic E-state index is 12.3. The van der Waals surface area contributed by atoms with E-state index in [9.17, 15) is 19.2 Å². The number of nitrogens with one attached hydrogen (secondary N) is 1. The highest BCUT2D eigenvalue weighted by molar-refractivity contribution is 8.76. The lowest BCUT2D eigenvalue weighted by atomic mass is 9.99. The molecule has 0 radical (unpaired) electrons. The molecule has 0 atom stereocenters. The van der Waals surface area contributed by atoms with E-state index in [0.717, 1.165) is 5.03 Å². The number of hydrogen-bond donors (Lipinski definition) is 1. The first kappa shape index (κ1) is 28.1. The number of imide groups is 1. The Bertz CT molecular complexity index is 848. The molecule has 3 amide bonds. The average molecular weight is 512 g/mol. The Morgan fingerprint density at radius 3 is 2.44 bits per heavy atom. The first-order valence-corrected chi connectivity index (χ1v) is 13.5. The van der Waals surface area contributed by atoms with Gasteiger partial charge in [-0.25, -0.2) is 9.78 Å². The maximum absolute atomic E-state index is 12.3. The summed E-state index contributed by atoms with van der Waals surface area (Å²) in [7, 11) is 3.14. The van der Waals surface area contributed by atoms with Crippen LogP contribution in [0.3, 0.4) is 0 Å². The second-order valence-corrected chi connectivity index (χ2v) is 11.6. The van der Waals surface area contributed by atoms with Crippen molar-refractivity contribution in [2.75, 3.05) is 12.4 Å². The van der Waals surface area contributed by atoms with E-state index in [0.29, 0.717) is 36.7 Å². The number of amides is 3. The Hall–Kier alpha value is -2.11. The highest BCUT2D eigenvalue weighted by atomic mass is 33.1. The Labute approximate surface area is 208 Å². The monoisotopic (exact) mass is 511 g/mol. The van der Waals surface area contributed by atoms with Crippen molar-refractivity contribution in [3.63, 3.8) is 0 Å². The van der Waals surface area contributed by atoms with E-state index in [2.05, 4.69) is 10.3 Å². The van der Waals surface area contributed by atoms with Gasteiger partial charge >= 0.3 is 5.97 Å². The van der Waals surface area contributed by atoms with Crippen LogP contribution in [0.1, 0.15) is 66.2 Å². The van der Waals surface area contributed by atoms with Crippen LogP contribution in [0.4, 0.5) is 0 Å². The Balaban J connectivity index is 1.61. The van der Waals surface area contributed by atoms with Gasteiger partial charge in [-0.3, -0.25) is 14.4 Å². The van der Waals surface area contributed by atoms with Crippen LogP contribution in [0, 0.1) is 0 Å². The van der Waals surface area contributed by atoms with Crippen molar-refractivity contribution >= 4 is 45.3 Å². The lowest BCUT2D eigenvalue weighted by Crippen LogP contribution is -2.44. The van der Waals surface area contributed by atoms with Crippen molar-refractivity contribution in [2.45, 2.75) is 82.4 Å². The summed E-state index contributed by atoms with van der Waals surface area (Å²) in [5.74, 6) is -0.983. The Morgan fingerprint density at radius 1 is 1.09 bits per heavy atom. The minimum atomic E-state index is -0.646. The molecular formula is C23H33N3O6S2. The predicted molar refractivity (Wildman–Crippen MR) is 130 cm³/mol. The van der Waals surface area contributed by atoms with E-state index < -0.39 is 28.9 Å². The van der Waals surface area contributed by atoms with E-state index in [1.807, 2.05) is 45.9 Å².